The predicted octanol–water partition coefficient (Wildman–Crippen LogP) is 0.617. The molecule has 3 fully saturated rings. The molecule has 0 spiro atoms. The van der Waals surface area contributed by atoms with Gasteiger partial charge in [-0.1, -0.05) is 6.42 Å². The number of aromatic nitrogens is 8. The molecular weight excluding hydrogens is 584 g/mol. The maximum atomic E-state index is 15.8. The first-order chi connectivity index (χ1) is 19.7. The van der Waals surface area contributed by atoms with Gasteiger partial charge in [-0.2, -0.15) is 10.1 Å². The van der Waals surface area contributed by atoms with Crippen molar-refractivity contribution in [3.8, 4) is 0 Å². The lowest BCUT2D eigenvalue weighted by Gasteiger charge is -2.27. The minimum Gasteiger partial charge on any atom is -0.369 e. The Labute approximate surface area is 234 Å². The van der Waals surface area contributed by atoms with E-state index >= 15 is 4.39 Å². The van der Waals surface area contributed by atoms with Crippen LogP contribution in [0.1, 0.15) is 43.7 Å². The third-order valence-electron chi connectivity index (χ3n) is 7.76. The van der Waals surface area contributed by atoms with Crippen molar-refractivity contribution in [2.24, 2.45) is 5.92 Å². The third kappa shape index (κ3) is 4.68. The molecule has 41 heavy (non-hydrogen) atoms. The van der Waals surface area contributed by atoms with E-state index < -0.39 is 49.1 Å². The van der Waals surface area contributed by atoms with Crippen molar-refractivity contribution < 1.29 is 27.8 Å². The van der Waals surface area contributed by atoms with Crippen LogP contribution in [0.3, 0.4) is 0 Å². The van der Waals surface area contributed by atoms with Crippen LogP contribution in [-0.2, 0) is 30.3 Å². The zero-order chi connectivity index (χ0) is 28.5. The summed E-state index contributed by atoms with van der Waals surface area (Å²) in [5, 5.41) is 4.19. The molecule has 218 valence electrons. The molecule has 4 aromatic heterocycles. The van der Waals surface area contributed by atoms with Crippen LogP contribution in [0.15, 0.2) is 28.4 Å². The maximum Gasteiger partial charge on any atom is 0.325 e. The fourth-order valence-electron chi connectivity index (χ4n) is 5.86. The summed E-state index contributed by atoms with van der Waals surface area (Å²) in [5.74, 6) is -0.185. The van der Waals surface area contributed by atoms with Gasteiger partial charge in [0.05, 0.1) is 37.0 Å². The molecule has 5 N–H and O–H groups in total. The summed E-state index contributed by atoms with van der Waals surface area (Å²) in [6, 6.07) is 0. The number of hydrogen-bond acceptors (Lipinski definition) is 12. The Kier molecular flexibility index (Phi) is 6.53. The molecule has 2 bridgehead atoms. The molecule has 4 aromatic rings. The fourth-order valence-corrected chi connectivity index (χ4v) is 7.27. The average molecular weight is 610 g/mol. The number of nitrogen functional groups attached to an aromatic ring is 1. The van der Waals surface area contributed by atoms with E-state index in [9.17, 15) is 14.5 Å². The van der Waals surface area contributed by atoms with Crippen molar-refractivity contribution in [1.29, 1.82) is 0 Å². The van der Waals surface area contributed by atoms with E-state index in [-0.39, 0.29) is 40.8 Å². The van der Waals surface area contributed by atoms with E-state index in [4.69, 9.17) is 36.1 Å². The lowest BCUT2D eigenvalue weighted by molar-refractivity contribution is -0.0361. The van der Waals surface area contributed by atoms with Gasteiger partial charge in [0.1, 0.15) is 18.5 Å². The van der Waals surface area contributed by atoms with Gasteiger partial charge in [-0.15, -0.1) is 0 Å². The van der Waals surface area contributed by atoms with Gasteiger partial charge in [-0.25, -0.2) is 18.9 Å². The number of ether oxygens (including phenoxy) is 2. The summed E-state index contributed by atoms with van der Waals surface area (Å²) in [6.45, 7) is -4.10. The fraction of sp³-hybridized carbons (Fsp3) is 0.545. The molecule has 3 aliphatic rings. The van der Waals surface area contributed by atoms with Gasteiger partial charge >= 0.3 is 6.72 Å². The molecule has 0 radical (unpaired) electrons. The second-order valence-corrected chi connectivity index (χ2v) is 13.0. The Hall–Kier alpha value is -3.12. The second kappa shape index (κ2) is 10.0. The number of halogens is 1. The Morgan fingerprint density at radius 1 is 1.17 bits per heavy atom. The minimum absolute atomic E-state index is 0.0108. The number of nitrogens with zero attached hydrogens (tertiary/aromatic N) is 6. The van der Waals surface area contributed by atoms with Crippen LogP contribution in [0.25, 0.3) is 16.8 Å². The lowest BCUT2D eigenvalue weighted by Crippen LogP contribution is -2.32. The smallest absolute Gasteiger partial charge is 0.325 e. The van der Waals surface area contributed by atoms with Gasteiger partial charge < -0.3 is 29.6 Å². The van der Waals surface area contributed by atoms with E-state index in [1.165, 1.54) is 21.7 Å². The number of alkyl halides is 1. The summed E-state index contributed by atoms with van der Waals surface area (Å²) in [5.41, 5.74) is 5.60. The number of rotatable bonds is 2. The zero-order valence-electron chi connectivity index (χ0n) is 21.2. The molecule has 1 unspecified atom stereocenters. The van der Waals surface area contributed by atoms with E-state index in [0.717, 1.165) is 0 Å². The van der Waals surface area contributed by atoms with Crippen molar-refractivity contribution in [2.45, 2.75) is 62.5 Å². The standard InChI is InChI=1S/C22H25FN9O7PS/c23-14-11-3-1-2-9-4-12(10-5-25-18-20(34)26-7-28-32(10)18)37-13(9)6-36-40(35,41)39-16(14)21(38-11)31-8-27-15-17(31)29-22(24)30-19(15)33/h5,7-9,11-14,16,21H,1-4,6H2,(H,35,41)(H,26,28,34)(H3,24,29,30,33)/t9-,11+,12+,13+,14+,16+,21+,40?/m0/s1. The largest absolute Gasteiger partial charge is 0.369 e. The van der Waals surface area contributed by atoms with Crippen LogP contribution < -0.4 is 16.9 Å². The molecule has 16 nitrogen and oxygen atoms in total. The highest BCUT2D eigenvalue weighted by atomic mass is 32.5. The first-order valence-electron chi connectivity index (χ1n) is 12.9. The molecule has 3 aliphatic heterocycles. The second-order valence-electron chi connectivity index (χ2n) is 10.2. The molecule has 0 aliphatic carbocycles. The molecule has 19 heteroatoms. The summed E-state index contributed by atoms with van der Waals surface area (Å²) in [6.07, 6.45) is 0.278. The van der Waals surface area contributed by atoms with Gasteiger partial charge in [0, 0.05) is 0 Å². The van der Waals surface area contributed by atoms with Crippen LogP contribution in [0.2, 0.25) is 0 Å². The average Bonchev–Trinajstić information content (AvgIpc) is 3.69. The summed E-state index contributed by atoms with van der Waals surface area (Å²) in [7, 11) is 0. The predicted molar refractivity (Wildman–Crippen MR) is 142 cm³/mol. The first-order valence-corrected chi connectivity index (χ1v) is 15.5. The molecule has 7 heterocycles. The van der Waals surface area contributed by atoms with Crippen molar-refractivity contribution in [3.63, 3.8) is 0 Å². The first kappa shape index (κ1) is 26.8. The minimum atomic E-state index is -4.00. The summed E-state index contributed by atoms with van der Waals surface area (Å²) in [4.78, 5) is 52.5. The molecule has 8 atom stereocenters. The molecule has 0 saturated carbocycles. The maximum absolute atomic E-state index is 15.8. The molecule has 0 aromatic carbocycles. The van der Waals surface area contributed by atoms with Gasteiger partial charge in [0.15, 0.2) is 23.6 Å². The highest BCUT2D eigenvalue weighted by molar-refractivity contribution is 8.07. The highest BCUT2D eigenvalue weighted by Gasteiger charge is 2.50. The van der Waals surface area contributed by atoms with Crippen molar-refractivity contribution in [3.05, 3.63) is 45.3 Å². The van der Waals surface area contributed by atoms with Crippen LogP contribution in [0.4, 0.5) is 10.3 Å². The normalized spacial score (nSPS) is 34.4. The Balaban J connectivity index is 1.15. The Bertz CT molecular complexity index is 1790. The molecule has 7 rings (SSSR count). The molecule has 0 amide bonds. The summed E-state index contributed by atoms with van der Waals surface area (Å²) < 4.78 is 42.4. The van der Waals surface area contributed by atoms with E-state index in [0.29, 0.717) is 31.4 Å². The van der Waals surface area contributed by atoms with Crippen LogP contribution in [0.5, 0.6) is 0 Å². The van der Waals surface area contributed by atoms with Gasteiger partial charge in [0.25, 0.3) is 11.1 Å². The van der Waals surface area contributed by atoms with E-state index in [2.05, 4.69) is 30.0 Å². The Morgan fingerprint density at radius 3 is 2.88 bits per heavy atom. The number of hydrogen-bond donors (Lipinski definition) is 4. The van der Waals surface area contributed by atoms with Crippen molar-refractivity contribution in [2.75, 3.05) is 12.3 Å². The van der Waals surface area contributed by atoms with Gasteiger partial charge in [-0.05, 0) is 37.0 Å². The Morgan fingerprint density at radius 2 is 2.02 bits per heavy atom. The van der Waals surface area contributed by atoms with E-state index in [1.54, 1.807) is 6.20 Å². The molecular formula is C22H25FN9O7PS. The number of nitrogens with one attached hydrogen (secondary N) is 2. The number of H-pyrrole nitrogens is 2. The van der Waals surface area contributed by atoms with Gasteiger partial charge in [-0.3, -0.25) is 23.7 Å². The number of imidazole rings is 2. The SMILES string of the molecule is Nc1nc2c(ncn2[C@@H]2O[C@@H]3CCC[C@H]4C[C@H](c5cnc6c(=O)[nH]cnn56)O[C@@H]4COP(O)(=S)O[C@@H]2[C@@H]3F)c(=O)[nH]1. The highest BCUT2D eigenvalue weighted by Crippen LogP contribution is 2.52. The van der Waals surface area contributed by atoms with Crippen molar-refractivity contribution in [1.82, 2.24) is 39.1 Å². The van der Waals surface area contributed by atoms with E-state index in [1.807, 2.05) is 0 Å². The van der Waals surface area contributed by atoms with Crippen molar-refractivity contribution >= 4 is 41.3 Å². The quantitative estimate of drug-likeness (QED) is 0.230. The summed E-state index contributed by atoms with van der Waals surface area (Å²) >= 11 is 5.27. The number of aromatic amines is 2. The third-order valence-corrected chi connectivity index (χ3v) is 9.32. The monoisotopic (exact) mass is 609 g/mol. The number of fused-ring (bicyclic) bond motifs is 5. The van der Waals surface area contributed by atoms with Gasteiger partial charge in [0.2, 0.25) is 11.6 Å². The molecule has 3 saturated heterocycles. The number of anilines is 1. The van der Waals surface area contributed by atoms with Crippen LogP contribution in [0, 0.1) is 5.92 Å². The zero-order valence-corrected chi connectivity index (χ0v) is 22.9. The van der Waals surface area contributed by atoms with Crippen LogP contribution >= 0.6 is 6.72 Å². The lowest BCUT2D eigenvalue weighted by atomic mass is 9.92. The topological polar surface area (TPSA) is 210 Å². The number of nitrogens with two attached hydrogens (primary N) is 1. The van der Waals surface area contributed by atoms with Crippen LogP contribution in [-0.4, -0.2) is 75.1 Å².